The Kier molecular flexibility index (Phi) is 5.03. The maximum absolute atomic E-state index is 10.3. The first-order valence-electron chi connectivity index (χ1n) is 6.28. The van der Waals surface area contributed by atoms with Gasteiger partial charge in [0, 0.05) is 0 Å². The summed E-state index contributed by atoms with van der Waals surface area (Å²) >= 11 is 0. The Labute approximate surface area is 110 Å². The molecule has 1 atom stereocenters. The minimum atomic E-state index is -0.560. The highest BCUT2D eigenvalue weighted by Gasteiger charge is 2.21. The van der Waals surface area contributed by atoms with Crippen LogP contribution in [0.3, 0.4) is 0 Å². The summed E-state index contributed by atoms with van der Waals surface area (Å²) in [6.45, 7) is 6.50. The van der Waals surface area contributed by atoms with Gasteiger partial charge in [-0.15, -0.1) is 0 Å². The van der Waals surface area contributed by atoms with E-state index in [-0.39, 0.29) is 5.41 Å². The zero-order valence-electron chi connectivity index (χ0n) is 12.0. The standard InChI is InChI=1S/C15H24O3/c1-15(2,3)10-9-11(16)14-12(17-4)7-6-8-13(14)18-5/h6-8,11,16H,9-10H2,1-5H3. The summed E-state index contributed by atoms with van der Waals surface area (Å²) < 4.78 is 10.6. The molecule has 0 amide bonds. The maximum Gasteiger partial charge on any atom is 0.128 e. The fourth-order valence-corrected chi connectivity index (χ4v) is 1.92. The van der Waals surface area contributed by atoms with Crippen LogP contribution in [-0.4, -0.2) is 19.3 Å². The van der Waals surface area contributed by atoms with Crippen LogP contribution in [0.5, 0.6) is 11.5 Å². The van der Waals surface area contributed by atoms with Gasteiger partial charge in [-0.05, 0) is 30.4 Å². The van der Waals surface area contributed by atoms with Crippen molar-refractivity contribution in [2.75, 3.05) is 14.2 Å². The lowest BCUT2D eigenvalue weighted by atomic mass is 9.87. The molecule has 0 aliphatic carbocycles. The van der Waals surface area contributed by atoms with Crippen LogP contribution < -0.4 is 9.47 Å². The van der Waals surface area contributed by atoms with Crippen molar-refractivity contribution in [1.82, 2.24) is 0 Å². The Morgan fingerprint density at radius 2 is 1.61 bits per heavy atom. The second-order valence-electron chi connectivity index (χ2n) is 5.69. The molecule has 0 saturated carbocycles. The maximum atomic E-state index is 10.3. The Morgan fingerprint density at radius 1 is 1.11 bits per heavy atom. The fraction of sp³-hybridized carbons (Fsp3) is 0.600. The average molecular weight is 252 g/mol. The monoisotopic (exact) mass is 252 g/mol. The second-order valence-corrected chi connectivity index (χ2v) is 5.69. The Balaban J connectivity index is 2.92. The molecule has 0 aliphatic rings. The summed E-state index contributed by atoms with van der Waals surface area (Å²) in [6, 6.07) is 5.55. The van der Waals surface area contributed by atoms with E-state index in [4.69, 9.17) is 9.47 Å². The van der Waals surface area contributed by atoms with Crippen molar-refractivity contribution in [3.8, 4) is 11.5 Å². The topological polar surface area (TPSA) is 38.7 Å². The van der Waals surface area contributed by atoms with Crippen molar-refractivity contribution >= 4 is 0 Å². The molecule has 0 spiro atoms. The smallest absolute Gasteiger partial charge is 0.128 e. The van der Waals surface area contributed by atoms with Gasteiger partial charge >= 0.3 is 0 Å². The van der Waals surface area contributed by atoms with Crippen molar-refractivity contribution in [2.45, 2.75) is 39.7 Å². The molecule has 0 heterocycles. The number of aliphatic hydroxyl groups excluding tert-OH is 1. The summed E-state index contributed by atoms with van der Waals surface area (Å²) in [4.78, 5) is 0. The Hall–Kier alpha value is -1.22. The highest BCUT2D eigenvalue weighted by atomic mass is 16.5. The van der Waals surface area contributed by atoms with Gasteiger partial charge in [0.15, 0.2) is 0 Å². The third-order valence-corrected chi connectivity index (χ3v) is 2.97. The van der Waals surface area contributed by atoms with Crippen LogP contribution in [0.2, 0.25) is 0 Å². The van der Waals surface area contributed by atoms with Gasteiger partial charge in [0.2, 0.25) is 0 Å². The van der Waals surface area contributed by atoms with Crippen LogP contribution in [0.25, 0.3) is 0 Å². The van der Waals surface area contributed by atoms with Crippen LogP contribution in [-0.2, 0) is 0 Å². The van der Waals surface area contributed by atoms with Crippen molar-refractivity contribution in [1.29, 1.82) is 0 Å². The molecule has 0 aliphatic heterocycles. The van der Waals surface area contributed by atoms with E-state index >= 15 is 0 Å². The van der Waals surface area contributed by atoms with Crippen molar-refractivity contribution in [3.05, 3.63) is 23.8 Å². The van der Waals surface area contributed by atoms with Gasteiger partial charge in [0.1, 0.15) is 11.5 Å². The summed E-state index contributed by atoms with van der Waals surface area (Å²) in [5.74, 6) is 1.35. The van der Waals surface area contributed by atoms with Gasteiger partial charge in [0.05, 0.1) is 25.9 Å². The van der Waals surface area contributed by atoms with E-state index in [1.165, 1.54) is 0 Å². The van der Waals surface area contributed by atoms with Crippen molar-refractivity contribution < 1.29 is 14.6 Å². The summed E-state index contributed by atoms with van der Waals surface area (Å²) in [5, 5.41) is 10.3. The van der Waals surface area contributed by atoms with E-state index in [1.54, 1.807) is 14.2 Å². The number of aliphatic hydroxyl groups is 1. The first-order chi connectivity index (χ1) is 8.39. The van der Waals surface area contributed by atoms with Crippen LogP contribution >= 0.6 is 0 Å². The number of benzene rings is 1. The zero-order valence-corrected chi connectivity index (χ0v) is 12.0. The minimum absolute atomic E-state index is 0.205. The van der Waals surface area contributed by atoms with Crippen molar-refractivity contribution in [2.24, 2.45) is 5.41 Å². The van der Waals surface area contributed by atoms with Crippen LogP contribution in [0.4, 0.5) is 0 Å². The fourth-order valence-electron chi connectivity index (χ4n) is 1.92. The molecule has 1 unspecified atom stereocenters. The van der Waals surface area contributed by atoms with Crippen LogP contribution in [0.1, 0.15) is 45.3 Å². The molecule has 1 N–H and O–H groups in total. The predicted octanol–water partition coefficient (Wildman–Crippen LogP) is 3.56. The lowest BCUT2D eigenvalue weighted by Gasteiger charge is -2.22. The van der Waals surface area contributed by atoms with Gasteiger partial charge in [-0.25, -0.2) is 0 Å². The number of hydrogen-bond donors (Lipinski definition) is 1. The first kappa shape index (κ1) is 14.8. The van der Waals surface area contributed by atoms with E-state index in [1.807, 2.05) is 18.2 Å². The third kappa shape index (κ3) is 3.91. The average Bonchev–Trinajstić information content (AvgIpc) is 2.33. The highest BCUT2D eigenvalue weighted by molar-refractivity contribution is 5.46. The molecule has 0 fully saturated rings. The third-order valence-electron chi connectivity index (χ3n) is 2.97. The number of ether oxygens (including phenoxy) is 2. The van der Waals surface area contributed by atoms with Gasteiger partial charge in [0.25, 0.3) is 0 Å². The molecule has 1 aromatic rings. The molecule has 0 bridgehead atoms. The summed E-state index contributed by atoms with van der Waals surface area (Å²) in [5.41, 5.74) is 0.947. The number of methoxy groups -OCH3 is 2. The van der Waals surface area contributed by atoms with E-state index in [2.05, 4.69) is 20.8 Å². The van der Waals surface area contributed by atoms with Gasteiger partial charge in [-0.1, -0.05) is 26.8 Å². The lowest BCUT2D eigenvalue weighted by molar-refractivity contribution is 0.140. The molecule has 102 valence electrons. The molecule has 3 heteroatoms. The van der Waals surface area contributed by atoms with Crippen molar-refractivity contribution in [3.63, 3.8) is 0 Å². The van der Waals surface area contributed by atoms with Gasteiger partial charge < -0.3 is 14.6 Å². The molecule has 0 aromatic heterocycles. The second kappa shape index (κ2) is 6.10. The molecule has 3 nitrogen and oxygen atoms in total. The molecular weight excluding hydrogens is 228 g/mol. The van der Waals surface area contributed by atoms with Gasteiger partial charge in [-0.3, -0.25) is 0 Å². The lowest BCUT2D eigenvalue weighted by Crippen LogP contribution is -2.10. The molecule has 0 saturated heterocycles. The summed E-state index contributed by atoms with van der Waals surface area (Å²) in [7, 11) is 3.21. The zero-order chi connectivity index (χ0) is 13.8. The van der Waals surface area contributed by atoms with E-state index in [0.717, 1.165) is 12.0 Å². The SMILES string of the molecule is COc1cccc(OC)c1C(O)CCC(C)(C)C. The number of hydrogen-bond acceptors (Lipinski definition) is 3. The summed E-state index contributed by atoms with van der Waals surface area (Å²) in [6.07, 6.45) is 1.07. The van der Waals surface area contributed by atoms with E-state index < -0.39 is 6.10 Å². The molecule has 0 radical (unpaired) electrons. The largest absolute Gasteiger partial charge is 0.496 e. The van der Waals surface area contributed by atoms with Crippen LogP contribution in [0, 0.1) is 5.41 Å². The minimum Gasteiger partial charge on any atom is -0.496 e. The van der Waals surface area contributed by atoms with E-state index in [9.17, 15) is 5.11 Å². The van der Waals surface area contributed by atoms with E-state index in [0.29, 0.717) is 17.9 Å². The highest BCUT2D eigenvalue weighted by Crippen LogP contribution is 2.37. The first-order valence-corrected chi connectivity index (χ1v) is 6.28. The van der Waals surface area contributed by atoms with Gasteiger partial charge in [-0.2, -0.15) is 0 Å². The quantitative estimate of drug-likeness (QED) is 0.870. The Bertz CT molecular complexity index is 358. The Morgan fingerprint density at radius 3 is 2.00 bits per heavy atom. The van der Waals surface area contributed by atoms with Crippen LogP contribution in [0.15, 0.2) is 18.2 Å². The molecule has 1 aromatic carbocycles. The number of rotatable bonds is 5. The molecule has 1 rings (SSSR count). The molecular formula is C15H24O3. The molecule has 18 heavy (non-hydrogen) atoms. The normalized spacial score (nSPS) is 13.2. The predicted molar refractivity (Wildman–Crippen MR) is 73.2 cm³/mol.